The fourth-order valence-electron chi connectivity index (χ4n) is 2.56. The van der Waals surface area contributed by atoms with Gasteiger partial charge < -0.3 is 16.2 Å². The maximum absolute atomic E-state index is 14.6. The zero-order valence-electron chi connectivity index (χ0n) is 14.4. The van der Waals surface area contributed by atoms with Gasteiger partial charge in [0.05, 0.1) is 11.1 Å². The highest BCUT2D eigenvalue weighted by molar-refractivity contribution is 7.20. The monoisotopic (exact) mass is 389 g/mol. The van der Waals surface area contributed by atoms with E-state index in [0.29, 0.717) is 16.4 Å². The molecule has 0 saturated heterocycles. The number of thiophene rings is 1. The second kappa shape index (κ2) is 7.81. The van der Waals surface area contributed by atoms with Crippen LogP contribution in [-0.4, -0.2) is 22.6 Å². The van der Waals surface area contributed by atoms with Crippen LogP contribution >= 0.6 is 11.3 Å². The van der Waals surface area contributed by atoms with Crippen molar-refractivity contribution in [1.82, 2.24) is 4.98 Å². The van der Waals surface area contributed by atoms with Crippen LogP contribution in [0.25, 0.3) is 10.4 Å². The van der Waals surface area contributed by atoms with E-state index in [1.807, 2.05) is 0 Å². The highest BCUT2D eigenvalue weighted by Gasteiger charge is 2.21. The summed E-state index contributed by atoms with van der Waals surface area (Å²) in [5.41, 5.74) is 5.64. The van der Waals surface area contributed by atoms with E-state index in [0.717, 1.165) is 11.3 Å². The Kier molecular flexibility index (Phi) is 5.48. The first-order valence-corrected chi connectivity index (χ1v) is 8.94. The molecule has 27 heavy (non-hydrogen) atoms. The molecular weight excluding hydrogens is 372 g/mol. The third-order valence-electron chi connectivity index (χ3n) is 4.06. The minimum absolute atomic E-state index is 0.118. The molecule has 0 aliphatic rings. The molecule has 0 fully saturated rings. The van der Waals surface area contributed by atoms with Gasteiger partial charge in [-0.2, -0.15) is 0 Å². The van der Waals surface area contributed by atoms with E-state index in [2.05, 4.69) is 10.3 Å². The van der Waals surface area contributed by atoms with Crippen molar-refractivity contribution in [3.05, 3.63) is 65.4 Å². The summed E-state index contributed by atoms with van der Waals surface area (Å²) >= 11 is 1.00. The van der Waals surface area contributed by atoms with E-state index in [1.54, 1.807) is 31.3 Å². The van der Waals surface area contributed by atoms with Crippen molar-refractivity contribution in [3.63, 3.8) is 0 Å². The number of anilines is 2. The fraction of sp³-hybridized carbons (Fsp3) is 0.158. The van der Waals surface area contributed by atoms with E-state index in [1.165, 1.54) is 18.2 Å². The number of nitrogens with zero attached hydrogens (tertiary/aromatic N) is 1. The third-order valence-corrected chi connectivity index (χ3v) is 5.13. The number of carbonyl (C=O) groups is 1. The lowest BCUT2D eigenvalue weighted by Crippen LogP contribution is -2.11. The van der Waals surface area contributed by atoms with Gasteiger partial charge in [-0.3, -0.25) is 4.79 Å². The van der Waals surface area contributed by atoms with Crippen molar-refractivity contribution in [2.45, 2.75) is 12.8 Å². The molecule has 0 radical (unpaired) electrons. The summed E-state index contributed by atoms with van der Waals surface area (Å²) in [4.78, 5) is 16.1. The molecule has 1 atom stereocenters. The minimum Gasteiger partial charge on any atom is -0.396 e. The Labute approximate surface area is 158 Å². The standard InChI is InChI=1S/C19H17F2N3O2S/c1-10(9-25)11-6-13(20)17(14(21)7-11)15-8-12(18(22)26)19(27-15)24-16-4-2-3-5-23-16/h2-8,10,25H,9H2,1H3,(H2,22,26)(H,23,24). The highest BCUT2D eigenvalue weighted by Crippen LogP contribution is 2.39. The molecule has 3 rings (SSSR count). The molecule has 0 spiro atoms. The Morgan fingerprint density at radius 3 is 2.56 bits per heavy atom. The Bertz CT molecular complexity index is 953. The van der Waals surface area contributed by atoms with Crippen molar-refractivity contribution in [2.75, 3.05) is 11.9 Å². The predicted molar refractivity (Wildman–Crippen MR) is 101 cm³/mol. The number of pyridine rings is 1. The summed E-state index contributed by atoms with van der Waals surface area (Å²) in [6.07, 6.45) is 1.57. The number of nitrogens with one attached hydrogen (secondary N) is 1. The van der Waals surface area contributed by atoms with E-state index in [9.17, 15) is 18.7 Å². The molecule has 0 saturated carbocycles. The number of primary amides is 1. The van der Waals surface area contributed by atoms with Gasteiger partial charge >= 0.3 is 0 Å². The maximum atomic E-state index is 14.6. The van der Waals surface area contributed by atoms with Gasteiger partial charge in [0.15, 0.2) is 0 Å². The van der Waals surface area contributed by atoms with Gasteiger partial charge in [0.2, 0.25) is 0 Å². The molecule has 5 nitrogen and oxygen atoms in total. The van der Waals surface area contributed by atoms with Crippen LogP contribution in [0.3, 0.4) is 0 Å². The SMILES string of the molecule is CC(CO)c1cc(F)c(-c2cc(C(N)=O)c(Nc3ccccn3)s2)c(F)c1. The Morgan fingerprint density at radius 1 is 1.30 bits per heavy atom. The number of carbonyl (C=O) groups excluding carboxylic acids is 1. The van der Waals surface area contributed by atoms with E-state index >= 15 is 0 Å². The second-order valence-corrected chi connectivity index (χ2v) is 7.05. The number of rotatable bonds is 6. The summed E-state index contributed by atoms with van der Waals surface area (Å²) in [7, 11) is 0. The van der Waals surface area contributed by atoms with Gasteiger partial charge in [-0.1, -0.05) is 13.0 Å². The first-order chi connectivity index (χ1) is 12.9. The van der Waals surface area contributed by atoms with Crippen LogP contribution < -0.4 is 11.1 Å². The molecule has 1 amide bonds. The lowest BCUT2D eigenvalue weighted by molar-refractivity contribution is 0.100. The lowest BCUT2D eigenvalue weighted by Gasteiger charge is -2.11. The summed E-state index contributed by atoms with van der Waals surface area (Å²) in [5.74, 6) is -2.18. The largest absolute Gasteiger partial charge is 0.396 e. The fourth-order valence-corrected chi connectivity index (χ4v) is 3.68. The summed E-state index contributed by atoms with van der Waals surface area (Å²) in [6.45, 7) is 1.44. The van der Waals surface area contributed by atoms with Crippen molar-refractivity contribution in [3.8, 4) is 10.4 Å². The van der Waals surface area contributed by atoms with Gasteiger partial charge in [0, 0.05) is 23.6 Å². The summed E-state index contributed by atoms with van der Waals surface area (Å²) < 4.78 is 29.2. The third kappa shape index (κ3) is 3.96. The van der Waals surface area contributed by atoms with Crippen LogP contribution in [0.1, 0.15) is 28.8 Å². The number of nitrogens with two attached hydrogens (primary N) is 1. The topological polar surface area (TPSA) is 88.2 Å². The smallest absolute Gasteiger partial charge is 0.251 e. The van der Waals surface area contributed by atoms with Crippen LogP contribution in [-0.2, 0) is 0 Å². The van der Waals surface area contributed by atoms with Crippen LogP contribution in [0.5, 0.6) is 0 Å². The molecule has 2 heterocycles. The normalized spacial score (nSPS) is 12.0. The number of aliphatic hydroxyl groups is 1. The number of benzene rings is 1. The molecule has 140 valence electrons. The van der Waals surface area contributed by atoms with E-state index in [-0.39, 0.29) is 22.6 Å². The van der Waals surface area contributed by atoms with Gasteiger partial charge in [0.1, 0.15) is 22.5 Å². The van der Waals surface area contributed by atoms with Crippen molar-refractivity contribution >= 4 is 28.1 Å². The zero-order chi connectivity index (χ0) is 19.6. The van der Waals surface area contributed by atoms with E-state index < -0.39 is 23.5 Å². The van der Waals surface area contributed by atoms with Crippen LogP contribution in [0.4, 0.5) is 19.6 Å². The number of hydrogen-bond acceptors (Lipinski definition) is 5. The Morgan fingerprint density at radius 2 is 2.00 bits per heavy atom. The molecular formula is C19H17F2N3O2S. The van der Waals surface area contributed by atoms with Crippen molar-refractivity contribution < 1.29 is 18.7 Å². The second-order valence-electron chi connectivity index (χ2n) is 6.00. The first kappa shape index (κ1) is 18.9. The van der Waals surface area contributed by atoms with Crippen LogP contribution in [0.15, 0.2) is 42.6 Å². The lowest BCUT2D eigenvalue weighted by atomic mass is 9.99. The molecule has 0 aliphatic carbocycles. The molecule has 0 bridgehead atoms. The number of amides is 1. The number of aliphatic hydroxyl groups excluding tert-OH is 1. The molecule has 4 N–H and O–H groups in total. The molecule has 3 aromatic rings. The minimum atomic E-state index is -0.771. The number of aromatic nitrogens is 1. The average Bonchev–Trinajstić information content (AvgIpc) is 3.04. The Balaban J connectivity index is 2.05. The molecule has 1 unspecified atom stereocenters. The summed E-state index contributed by atoms with van der Waals surface area (Å²) in [6, 6.07) is 8.92. The predicted octanol–water partition coefficient (Wildman–Crippen LogP) is 4.03. The molecule has 1 aromatic carbocycles. The maximum Gasteiger partial charge on any atom is 0.251 e. The number of hydrogen-bond donors (Lipinski definition) is 3. The quantitative estimate of drug-likeness (QED) is 0.594. The van der Waals surface area contributed by atoms with Gasteiger partial charge in [-0.25, -0.2) is 13.8 Å². The number of halogens is 2. The van der Waals surface area contributed by atoms with E-state index in [4.69, 9.17) is 5.73 Å². The highest BCUT2D eigenvalue weighted by atomic mass is 32.1. The molecule has 0 aliphatic heterocycles. The van der Waals surface area contributed by atoms with Crippen LogP contribution in [0, 0.1) is 11.6 Å². The summed E-state index contributed by atoms with van der Waals surface area (Å²) in [5, 5.41) is 12.5. The van der Waals surface area contributed by atoms with Gasteiger partial charge in [-0.05, 0) is 35.9 Å². The van der Waals surface area contributed by atoms with Crippen LogP contribution in [0.2, 0.25) is 0 Å². The Hall–Kier alpha value is -2.84. The van der Waals surface area contributed by atoms with Crippen molar-refractivity contribution in [2.24, 2.45) is 5.73 Å². The van der Waals surface area contributed by atoms with Gasteiger partial charge in [-0.15, -0.1) is 11.3 Å². The average molecular weight is 389 g/mol. The first-order valence-electron chi connectivity index (χ1n) is 8.12. The zero-order valence-corrected chi connectivity index (χ0v) is 15.2. The molecule has 8 heteroatoms. The van der Waals surface area contributed by atoms with Crippen molar-refractivity contribution in [1.29, 1.82) is 0 Å². The molecule has 2 aromatic heterocycles. The van der Waals surface area contributed by atoms with Gasteiger partial charge in [0.25, 0.3) is 5.91 Å².